The number of Topliss-reactive ketones (excluding diaryl/α,β-unsaturated/α-hetero) is 1. The molecule has 1 saturated heterocycles. The lowest BCUT2D eigenvalue weighted by molar-refractivity contribution is 0.0892. The van der Waals surface area contributed by atoms with Gasteiger partial charge in [0.1, 0.15) is 0 Å². The summed E-state index contributed by atoms with van der Waals surface area (Å²) < 4.78 is 0. The first-order chi connectivity index (χ1) is 9.77. The third-order valence-electron chi connectivity index (χ3n) is 4.51. The second-order valence-corrected chi connectivity index (χ2v) is 7.69. The highest BCUT2D eigenvalue weighted by Gasteiger charge is 2.21. The lowest BCUT2D eigenvalue weighted by Gasteiger charge is -2.30. The van der Waals surface area contributed by atoms with Crippen LogP contribution >= 0.6 is 0 Å². The van der Waals surface area contributed by atoms with Gasteiger partial charge >= 0.3 is 0 Å². The van der Waals surface area contributed by atoms with Crippen molar-refractivity contribution < 1.29 is 4.79 Å². The molecule has 1 atom stereocenters. The van der Waals surface area contributed by atoms with Crippen molar-refractivity contribution in [3.63, 3.8) is 0 Å². The topological polar surface area (TPSA) is 20.3 Å². The number of ketones is 1. The van der Waals surface area contributed by atoms with Crippen LogP contribution < -0.4 is 0 Å². The molecule has 0 N–H and O–H groups in total. The number of aryl methyl sites for hydroxylation is 1. The summed E-state index contributed by atoms with van der Waals surface area (Å²) in [6.45, 7) is 13.6. The van der Waals surface area contributed by atoms with E-state index in [9.17, 15) is 4.79 Å². The van der Waals surface area contributed by atoms with Crippen molar-refractivity contribution >= 4 is 5.78 Å². The summed E-state index contributed by atoms with van der Waals surface area (Å²) in [5.74, 6) is 0.987. The molecule has 2 nitrogen and oxygen atoms in total. The Morgan fingerprint density at radius 1 is 1.33 bits per heavy atom. The Morgan fingerprint density at radius 2 is 2.05 bits per heavy atom. The van der Waals surface area contributed by atoms with E-state index in [1.165, 1.54) is 18.4 Å². The molecule has 116 valence electrons. The first-order valence-electron chi connectivity index (χ1n) is 8.14. The van der Waals surface area contributed by atoms with Crippen LogP contribution in [0.15, 0.2) is 18.2 Å². The van der Waals surface area contributed by atoms with Gasteiger partial charge in [0.25, 0.3) is 0 Å². The van der Waals surface area contributed by atoms with E-state index < -0.39 is 0 Å². The van der Waals surface area contributed by atoms with Crippen LogP contribution in [0.4, 0.5) is 0 Å². The molecule has 0 radical (unpaired) electrons. The zero-order valence-electron chi connectivity index (χ0n) is 14.2. The number of likely N-dealkylation sites (tertiary alicyclic amines) is 1. The van der Waals surface area contributed by atoms with Gasteiger partial charge < -0.3 is 0 Å². The SMILES string of the molecule is Cc1ccc(C(C)(C)C)cc1C(=O)CN1CCCC(C)C1. The summed E-state index contributed by atoms with van der Waals surface area (Å²) in [5, 5.41) is 0. The van der Waals surface area contributed by atoms with Crippen LogP contribution in [0.1, 0.15) is 62.0 Å². The molecule has 0 aliphatic carbocycles. The van der Waals surface area contributed by atoms with Crippen LogP contribution in [0, 0.1) is 12.8 Å². The summed E-state index contributed by atoms with van der Waals surface area (Å²) in [6.07, 6.45) is 2.51. The Balaban J connectivity index is 2.15. The Morgan fingerprint density at radius 3 is 2.67 bits per heavy atom. The zero-order chi connectivity index (χ0) is 15.6. The van der Waals surface area contributed by atoms with Crippen LogP contribution in [0.25, 0.3) is 0 Å². The third kappa shape index (κ3) is 4.16. The number of benzene rings is 1. The summed E-state index contributed by atoms with van der Waals surface area (Å²) >= 11 is 0. The van der Waals surface area contributed by atoms with E-state index in [0.29, 0.717) is 12.5 Å². The van der Waals surface area contributed by atoms with Gasteiger partial charge in [-0.15, -0.1) is 0 Å². The number of hydrogen-bond donors (Lipinski definition) is 0. The van der Waals surface area contributed by atoms with E-state index in [-0.39, 0.29) is 11.2 Å². The molecular weight excluding hydrogens is 258 g/mol. The molecule has 0 amide bonds. The molecule has 1 unspecified atom stereocenters. The van der Waals surface area contributed by atoms with Crippen LogP contribution in [-0.2, 0) is 5.41 Å². The van der Waals surface area contributed by atoms with E-state index >= 15 is 0 Å². The second kappa shape index (κ2) is 6.31. The minimum atomic E-state index is 0.0857. The number of rotatable bonds is 3. The summed E-state index contributed by atoms with van der Waals surface area (Å²) in [5.41, 5.74) is 3.32. The minimum absolute atomic E-state index is 0.0857. The van der Waals surface area contributed by atoms with E-state index in [4.69, 9.17) is 0 Å². The fourth-order valence-corrected chi connectivity index (χ4v) is 3.11. The first-order valence-corrected chi connectivity index (χ1v) is 8.14. The number of piperidine rings is 1. The molecule has 1 aliphatic heterocycles. The van der Waals surface area contributed by atoms with E-state index in [0.717, 1.165) is 24.2 Å². The second-order valence-electron chi connectivity index (χ2n) is 7.69. The lowest BCUT2D eigenvalue weighted by atomic mass is 9.84. The number of hydrogen-bond acceptors (Lipinski definition) is 2. The van der Waals surface area contributed by atoms with E-state index in [1.54, 1.807) is 0 Å². The third-order valence-corrected chi connectivity index (χ3v) is 4.51. The smallest absolute Gasteiger partial charge is 0.177 e. The molecule has 21 heavy (non-hydrogen) atoms. The molecule has 0 aromatic heterocycles. The van der Waals surface area contributed by atoms with E-state index in [1.807, 2.05) is 6.92 Å². The number of carbonyl (C=O) groups is 1. The van der Waals surface area contributed by atoms with Crippen molar-refractivity contribution in [2.75, 3.05) is 19.6 Å². The predicted molar refractivity (Wildman–Crippen MR) is 89.0 cm³/mol. The van der Waals surface area contributed by atoms with Crippen LogP contribution in [0.5, 0.6) is 0 Å². The molecule has 1 aromatic carbocycles. The largest absolute Gasteiger partial charge is 0.296 e. The average molecular weight is 287 g/mol. The van der Waals surface area contributed by atoms with Gasteiger partial charge in [0, 0.05) is 12.1 Å². The van der Waals surface area contributed by atoms with Crippen LogP contribution in [0.3, 0.4) is 0 Å². The van der Waals surface area contributed by atoms with Gasteiger partial charge in [-0.1, -0.05) is 39.8 Å². The molecule has 2 heteroatoms. The Kier molecular flexibility index (Phi) is 4.88. The van der Waals surface area contributed by atoms with E-state index in [2.05, 4.69) is 50.8 Å². The minimum Gasteiger partial charge on any atom is -0.296 e. The van der Waals surface area contributed by atoms with Gasteiger partial charge in [0.2, 0.25) is 0 Å². The van der Waals surface area contributed by atoms with Crippen molar-refractivity contribution in [1.29, 1.82) is 0 Å². The van der Waals surface area contributed by atoms with Crippen molar-refractivity contribution in [3.8, 4) is 0 Å². The Labute approximate surface area is 129 Å². The maximum atomic E-state index is 12.7. The quantitative estimate of drug-likeness (QED) is 0.776. The first kappa shape index (κ1) is 16.2. The summed E-state index contributed by atoms with van der Waals surface area (Å²) in [7, 11) is 0. The van der Waals surface area contributed by atoms with Crippen LogP contribution in [-0.4, -0.2) is 30.3 Å². The fourth-order valence-electron chi connectivity index (χ4n) is 3.11. The fraction of sp³-hybridized carbons (Fsp3) is 0.632. The van der Waals surface area contributed by atoms with Gasteiger partial charge in [-0.25, -0.2) is 0 Å². The monoisotopic (exact) mass is 287 g/mol. The van der Waals surface area contributed by atoms with Crippen molar-refractivity contribution in [1.82, 2.24) is 4.90 Å². The molecule has 0 bridgehead atoms. The molecule has 1 aromatic rings. The van der Waals surface area contributed by atoms with Gasteiger partial charge in [-0.3, -0.25) is 9.69 Å². The van der Waals surface area contributed by atoms with Gasteiger partial charge in [-0.05, 0) is 54.8 Å². The Hall–Kier alpha value is -1.15. The van der Waals surface area contributed by atoms with Crippen molar-refractivity contribution in [2.45, 2.75) is 52.9 Å². The highest BCUT2D eigenvalue weighted by Crippen LogP contribution is 2.25. The molecule has 0 spiro atoms. The standard InChI is InChI=1S/C19H29NO/c1-14-7-6-10-20(12-14)13-18(21)17-11-16(19(3,4)5)9-8-15(17)2/h8-9,11,14H,6-7,10,12-13H2,1-5H3. The summed E-state index contributed by atoms with van der Waals surface area (Å²) in [6, 6.07) is 6.34. The number of nitrogens with zero attached hydrogens (tertiary/aromatic N) is 1. The highest BCUT2D eigenvalue weighted by atomic mass is 16.1. The predicted octanol–water partition coefficient (Wildman–Crippen LogP) is 4.21. The van der Waals surface area contributed by atoms with Gasteiger partial charge in [-0.2, -0.15) is 0 Å². The molecule has 1 fully saturated rings. The van der Waals surface area contributed by atoms with Gasteiger partial charge in [0.05, 0.1) is 6.54 Å². The molecule has 1 aliphatic rings. The van der Waals surface area contributed by atoms with Crippen LogP contribution in [0.2, 0.25) is 0 Å². The maximum Gasteiger partial charge on any atom is 0.177 e. The molecule has 1 heterocycles. The average Bonchev–Trinajstić information content (AvgIpc) is 2.37. The normalized spacial score (nSPS) is 20.5. The Bertz CT molecular complexity index is 513. The molecule has 2 rings (SSSR count). The van der Waals surface area contributed by atoms with Crippen molar-refractivity contribution in [3.05, 3.63) is 34.9 Å². The highest BCUT2D eigenvalue weighted by molar-refractivity contribution is 5.99. The molecule has 0 saturated carbocycles. The van der Waals surface area contributed by atoms with Gasteiger partial charge in [0.15, 0.2) is 5.78 Å². The van der Waals surface area contributed by atoms with Crippen molar-refractivity contribution in [2.24, 2.45) is 5.92 Å². The zero-order valence-corrected chi connectivity index (χ0v) is 14.2. The number of carbonyl (C=O) groups excluding carboxylic acids is 1. The summed E-state index contributed by atoms with van der Waals surface area (Å²) in [4.78, 5) is 15.0. The molecular formula is C19H29NO. The lowest BCUT2D eigenvalue weighted by Crippen LogP contribution is -2.38. The maximum absolute atomic E-state index is 12.7.